The Kier molecular flexibility index (Phi) is 3.60. The summed E-state index contributed by atoms with van der Waals surface area (Å²) in [7, 11) is -2.41. The third kappa shape index (κ3) is 2.50. The minimum atomic E-state index is -3.68. The summed E-state index contributed by atoms with van der Waals surface area (Å²) in [6.45, 7) is 0. The monoisotopic (exact) mass is 290 g/mol. The third-order valence-electron chi connectivity index (χ3n) is 2.88. The molecule has 1 aromatic rings. The van der Waals surface area contributed by atoms with Crippen molar-refractivity contribution >= 4 is 32.5 Å². The highest BCUT2D eigenvalue weighted by Gasteiger charge is 2.26. The zero-order valence-electron chi connectivity index (χ0n) is 9.82. The van der Waals surface area contributed by atoms with Gasteiger partial charge in [-0.3, -0.25) is 4.72 Å². The summed E-state index contributed by atoms with van der Waals surface area (Å²) < 4.78 is 27.3. The quantitative estimate of drug-likeness (QED) is 0.776. The Labute approximate surface area is 109 Å². The fraction of sp³-hybridized carbons (Fsp3) is 0.500. The Balaban J connectivity index is 2.47. The first-order chi connectivity index (χ1) is 8.44. The van der Waals surface area contributed by atoms with Gasteiger partial charge in [-0.2, -0.15) is 8.42 Å². The van der Waals surface area contributed by atoms with Crippen LogP contribution in [0.2, 0.25) is 0 Å². The molecule has 0 aliphatic heterocycles. The predicted molar refractivity (Wildman–Crippen MR) is 69.5 cm³/mol. The second kappa shape index (κ2) is 4.87. The van der Waals surface area contributed by atoms with Crippen LogP contribution in [-0.2, 0) is 23.1 Å². The van der Waals surface area contributed by atoms with Crippen LogP contribution in [0.25, 0.3) is 0 Å². The van der Waals surface area contributed by atoms with E-state index in [2.05, 4.69) is 9.44 Å². The van der Waals surface area contributed by atoms with Crippen LogP contribution in [0.1, 0.15) is 33.6 Å². The highest BCUT2D eigenvalue weighted by molar-refractivity contribution is 7.91. The van der Waals surface area contributed by atoms with Crippen molar-refractivity contribution in [2.45, 2.75) is 25.7 Å². The van der Waals surface area contributed by atoms with Gasteiger partial charge in [0.05, 0.1) is 5.56 Å². The van der Waals surface area contributed by atoms with E-state index in [0.29, 0.717) is 6.42 Å². The van der Waals surface area contributed by atoms with Crippen LogP contribution in [-0.4, -0.2) is 26.5 Å². The first-order valence-electron chi connectivity index (χ1n) is 5.53. The lowest BCUT2D eigenvalue weighted by molar-refractivity contribution is 0.0697. The lowest BCUT2D eigenvalue weighted by atomic mass is 9.96. The molecule has 3 N–H and O–H groups in total. The van der Waals surface area contributed by atoms with E-state index in [-0.39, 0.29) is 10.6 Å². The van der Waals surface area contributed by atoms with Gasteiger partial charge in [0.2, 0.25) is 0 Å². The number of aromatic carboxylic acids is 1. The van der Waals surface area contributed by atoms with Crippen LogP contribution in [0.3, 0.4) is 0 Å². The molecule has 0 bridgehead atoms. The molecule has 2 rings (SSSR count). The number of carboxylic acids is 1. The lowest BCUT2D eigenvalue weighted by Crippen LogP contribution is -2.26. The maximum absolute atomic E-state index is 11.4. The maximum Gasteiger partial charge on any atom is 0.339 e. The van der Waals surface area contributed by atoms with Gasteiger partial charge in [-0.05, 0) is 31.2 Å². The van der Waals surface area contributed by atoms with Crippen LogP contribution in [0, 0.1) is 0 Å². The third-order valence-corrected chi connectivity index (χ3v) is 5.23. The number of hydrogen-bond acceptors (Lipinski definition) is 4. The van der Waals surface area contributed by atoms with E-state index in [1.165, 1.54) is 18.4 Å². The molecule has 18 heavy (non-hydrogen) atoms. The van der Waals surface area contributed by atoms with Gasteiger partial charge in [0.1, 0.15) is 5.00 Å². The molecule has 8 heteroatoms. The van der Waals surface area contributed by atoms with Crippen molar-refractivity contribution in [1.29, 1.82) is 0 Å². The SMILES string of the molecule is CNS(=O)(=O)Nc1sc2c(c1C(=O)O)CCCC2. The second-order valence-electron chi connectivity index (χ2n) is 4.03. The average Bonchev–Trinajstić information content (AvgIpc) is 2.65. The molecular formula is C10H14N2O4S2. The molecule has 0 saturated heterocycles. The van der Waals surface area contributed by atoms with E-state index < -0.39 is 16.2 Å². The lowest BCUT2D eigenvalue weighted by Gasteiger charge is -2.10. The fourth-order valence-corrected chi connectivity index (χ4v) is 4.11. The van der Waals surface area contributed by atoms with Crippen molar-refractivity contribution in [3.8, 4) is 0 Å². The Morgan fingerprint density at radius 3 is 2.61 bits per heavy atom. The van der Waals surface area contributed by atoms with Crippen LogP contribution in [0.4, 0.5) is 5.00 Å². The number of aryl methyl sites for hydroxylation is 1. The average molecular weight is 290 g/mol. The van der Waals surface area contributed by atoms with Gasteiger partial charge in [-0.1, -0.05) is 0 Å². The molecule has 0 unspecified atom stereocenters. The molecule has 100 valence electrons. The summed E-state index contributed by atoms with van der Waals surface area (Å²) >= 11 is 1.22. The first kappa shape index (κ1) is 13.3. The number of nitrogens with one attached hydrogen (secondary N) is 2. The number of hydrogen-bond donors (Lipinski definition) is 3. The first-order valence-corrected chi connectivity index (χ1v) is 7.83. The van der Waals surface area contributed by atoms with Crippen molar-refractivity contribution < 1.29 is 18.3 Å². The summed E-state index contributed by atoms with van der Waals surface area (Å²) in [5.74, 6) is -1.08. The van der Waals surface area contributed by atoms with Crippen LogP contribution in [0.15, 0.2) is 0 Å². The zero-order valence-corrected chi connectivity index (χ0v) is 11.4. The number of thiophene rings is 1. The number of fused-ring (bicyclic) bond motifs is 1. The molecule has 0 saturated carbocycles. The molecule has 0 aromatic carbocycles. The topological polar surface area (TPSA) is 95.5 Å². The van der Waals surface area contributed by atoms with Gasteiger partial charge in [0.25, 0.3) is 10.2 Å². The number of carbonyl (C=O) groups is 1. The van der Waals surface area contributed by atoms with Gasteiger partial charge in [-0.25, -0.2) is 9.52 Å². The van der Waals surface area contributed by atoms with Gasteiger partial charge in [-0.15, -0.1) is 11.3 Å². The van der Waals surface area contributed by atoms with Crippen molar-refractivity contribution in [2.24, 2.45) is 0 Å². The van der Waals surface area contributed by atoms with Gasteiger partial charge < -0.3 is 5.11 Å². The summed E-state index contributed by atoms with van der Waals surface area (Å²) in [6, 6.07) is 0. The van der Waals surface area contributed by atoms with Gasteiger partial charge in [0, 0.05) is 11.9 Å². The predicted octanol–water partition coefficient (Wildman–Crippen LogP) is 1.20. The standard InChI is InChI=1S/C10H14N2O4S2/c1-11-18(15,16)12-9-8(10(13)14)6-4-2-3-5-7(6)17-9/h11-12H,2-5H2,1H3,(H,13,14). The second-order valence-corrected chi connectivity index (χ2v) is 6.75. The van der Waals surface area contributed by atoms with Gasteiger partial charge in [0.15, 0.2) is 0 Å². The molecule has 0 spiro atoms. The van der Waals surface area contributed by atoms with Crippen LogP contribution >= 0.6 is 11.3 Å². The molecule has 1 aliphatic rings. The molecule has 0 fully saturated rings. The van der Waals surface area contributed by atoms with Crippen molar-refractivity contribution in [1.82, 2.24) is 4.72 Å². The van der Waals surface area contributed by atoms with Crippen molar-refractivity contribution in [3.05, 3.63) is 16.0 Å². The summed E-state index contributed by atoms with van der Waals surface area (Å²) in [5, 5.41) is 9.43. The Bertz CT molecular complexity index is 577. The molecule has 1 aliphatic carbocycles. The largest absolute Gasteiger partial charge is 0.478 e. The number of rotatable bonds is 4. The van der Waals surface area contributed by atoms with Crippen molar-refractivity contribution in [2.75, 3.05) is 11.8 Å². The highest BCUT2D eigenvalue weighted by atomic mass is 32.2. The van der Waals surface area contributed by atoms with E-state index in [1.54, 1.807) is 0 Å². The Morgan fingerprint density at radius 1 is 1.33 bits per heavy atom. The summed E-state index contributed by atoms with van der Waals surface area (Å²) in [5.41, 5.74) is 0.890. The Hall–Kier alpha value is -1.12. The van der Waals surface area contributed by atoms with Crippen molar-refractivity contribution in [3.63, 3.8) is 0 Å². The van der Waals surface area contributed by atoms with Crippen LogP contribution < -0.4 is 9.44 Å². The van der Waals surface area contributed by atoms with Gasteiger partial charge >= 0.3 is 5.97 Å². The minimum Gasteiger partial charge on any atom is -0.478 e. The number of carboxylic acid groups (broad SMARTS) is 1. The molecule has 0 amide bonds. The van der Waals surface area contributed by atoms with Crippen LogP contribution in [0.5, 0.6) is 0 Å². The molecule has 1 heterocycles. The Morgan fingerprint density at radius 2 is 2.00 bits per heavy atom. The number of anilines is 1. The normalized spacial score (nSPS) is 15.2. The maximum atomic E-state index is 11.4. The fourth-order valence-electron chi connectivity index (χ4n) is 2.04. The summed E-state index contributed by atoms with van der Waals surface area (Å²) in [4.78, 5) is 12.3. The highest BCUT2D eigenvalue weighted by Crippen LogP contribution is 2.38. The molecule has 1 aromatic heterocycles. The van der Waals surface area contributed by atoms with E-state index in [4.69, 9.17) is 0 Å². The smallest absolute Gasteiger partial charge is 0.339 e. The molecular weight excluding hydrogens is 276 g/mol. The van der Waals surface area contributed by atoms with E-state index in [9.17, 15) is 18.3 Å². The molecule has 6 nitrogen and oxygen atoms in total. The zero-order chi connectivity index (χ0) is 13.3. The van der Waals surface area contributed by atoms with E-state index >= 15 is 0 Å². The van der Waals surface area contributed by atoms with E-state index in [0.717, 1.165) is 29.7 Å². The van der Waals surface area contributed by atoms with E-state index in [1.807, 2.05) is 0 Å². The minimum absolute atomic E-state index is 0.105. The molecule has 0 radical (unpaired) electrons. The molecule has 0 atom stereocenters. The summed E-state index contributed by atoms with van der Waals surface area (Å²) in [6.07, 6.45) is 3.49.